The number of benzene rings is 1. The number of carbonyl (C=O) groups is 1. The number of aryl methyl sites for hydroxylation is 1. The van der Waals surface area contributed by atoms with Gasteiger partial charge in [0.05, 0.1) is 23.5 Å². The number of piperazine rings is 1. The topological polar surface area (TPSA) is 82.5 Å². The highest BCUT2D eigenvalue weighted by molar-refractivity contribution is 5.89. The van der Waals surface area contributed by atoms with Gasteiger partial charge in [-0.25, -0.2) is 4.52 Å². The summed E-state index contributed by atoms with van der Waals surface area (Å²) in [5.74, 6) is -0.0217. The zero-order valence-electron chi connectivity index (χ0n) is 20.1. The number of nitrogens with zero attached hydrogens (tertiary/aromatic N) is 7. The van der Waals surface area contributed by atoms with E-state index in [2.05, 4.69) is 71.9 Å². The minimum atomic E-state index is -0.0217. The van der Waals surface area contributed by atoms with Gasteiger partial charge in [-0.05, 0) is 43.7 Å². The molecule has 0 spiro atoms. The molecule has 1 aromatic carbocycles. The van der Waals surface area contributed by atoms with Crippen molar-refractivity contribution in [2.45, 2.75) is 25.9 Å². The Bertz CT molecular complexity index is 1450. The number of pyridine rings is 1. The largest absolute Gasteiger partial charge is 0.367 e. The molecule has 176 valence electrons. The van der Waals surface area contributed by atoms with Crippen molar-refractivity contribution in [2.75, 3.05) is 18.0 Å². The molecule has 3 aromatic heterocycles. The number of rotatable bonds is 4. The monoisotopic (exact) mass is 465 g/mol. The molecule has 0 bridgehead atoms. The molecule has 2 atom stereocenters. The van der Waals surface area contributed by atoms with Crippen molar-refractivity contribution >= 4 is 17.1 Å². The third kappa shape index (κ3) is 3.95. The molecule has 1 amide bonds. The van der Waals surface area contributed by atoms with E-state index in [0.717, 1.165) is 46.5 Å². The average Bonchev–Trinajstić information content (AvgIpc) is 3.48. The van der Waals surface area contributed by atoms with Gasteiger partial charge in [-0.1, -0.05) is 18.7 Å². The second-order valence-corrected chi connectivity index (χ2v) is 9.11. The second kappa shape index (κ2) is 8.76. The summed E-state index contributed by atoms with van der Waals surface area (Å²) in [5, 5.41) is 18.4. The van der Waals surface area contributed by atoms with Gasteiger partial charge in [0.25, 0.3) is 0 Å². The van der Waals surface area contributed by atoms with Gasteiger partial charge in [0.1, 0.15) is 6.07 Å². The first-order chi connectivity index (χ1) is 16.9. The van der Waals surface area contributed by atoms with Crippen LogP contribution >= 0.6 is 0 Å². The summed E-state index contributed by atoms with van der Waals surface area (Å²) in [5.41, 5.74) is 6.32. The first kappa shape index (κ1) is 22.4. The lowest BCUT2D eigenvalue weighted by Crippen LogP contribution is -2.58. The highest BCUT2D eigenvalue weighted by atomic mass is 16.2. The van der Waals surface area contributed by atoms with Gasteiger partial charge in [-0.2, -0.15) is 15.5 Å². The van der Waals surface area contributed by atoms with Crippen LogP contribution in [0.1, 0.15) is 19.4 Å². The van der Waals surface area contributed by atoms with Crippen molar-refractivity contribution in [1.29, 1.82) is 5.26 Å². The summed E-state index contributed by atoms with van der Waals surface area (Å²) in [7, 11) is 1.89. The molecule has 35 heavy (non-hydrogen) atoms. The molecule has 8 nitrogen and oxygen atoms in total. The van der Waals surface area contributed by atoms with E-state index in [-0.39, 0.29) is 18.0 Å². The van der Waals surface area contributed by atoms with Crippen LogP contribution in [0.2, 0.25) is 0 Å². The van der Waals surface area contributed by atoms with Crippen molar-refractivity contribution in [1.82, 2.24) is 24.3 Å². The number of amides is 1. The predicted molar refractivity (Wildman–Crippen MR) is 136 cm³/mol. The molecular weight excluding hydrogens is 438 g/mol. The molecule has 0 N–H and O–H groups in total. The van der Waals surface area contributed by atoms with Crippen LogP contribution in [0.5, 0.6) is 0 Å². The first-order valence-corrected chi connectivity index (χ1v) is 11.6. The van der Waals surface area contributed by atoms with Gasteiger partial charge in [0, 0.05) is 67.0 Å². The molecule has 4 heterocycles. The molecule has 0 aliphatic carbocycles. The Morgan fingerprint density at radius 1 is 1.06 bits per heavy atom. The third-order valence-corrected chi connectivity index (χ3v) is 6.66. The van der Waals surface area contributed by atoms with Crippen molar-refractivity contribution in [3.63, 3.8) is 0 Å². The number of hydrogen-bond donors (Lipinski definition) is 0. The lowest BCUT2D eigenvalue weighted by atomic mass is 9.99. The summed E-state index contributed by atoms with van der Waals surface area (Å²) in [6.07, 6.45) is 8.71. The zero-order chi connectivity index (χ0) is 24.7. The lowest BCUT2D eigenvalue weighted by molar-refractivity contribution is -0.130. The minimum absolute atomic E-state index is 0.0217. The van der Waals surface area contributed by atoms with Crippen LogP contribution in [-0.4, -0.2) is 55.4 Å². The van der Waals surface area contributed by atoms with E-state index in [1.54, 1.807) is 15.4 Å². The number of carbonyl (C=O) groups excluding carboxylic acids is 1. The van der Waals surface area contributed by atoms with E-state index in [1.165, 1.54) is 6.08 Å². The molecule has 0 unspecified atom stereocenters. The van der Waals surface area contributed by atoms with Crippen molar-refractivity contribution in [3.8, 4) is 28.3 Å². The quantitative estimate of drug-likeness (QED) is 0.427. The Hall–Kier alpha value is -4.38. The smallest absolute Gasteiger partial charge is 0.246 e. The highest BCUT2D eigenvalue weighted by Gasteiger charge is 2.31. The Balaban J connectivity index is 1.51. The molecule has 0 saturated carbocycles. The van der Waals surface area contributed by atoms with E-state index in [0.29, 0.717) is 5.56 Å². The highest BCUT2D eigenvalue weighted by Crippen LogP contribution is 2.33. The maximum atomic E-state index is 12.3. The summed E-state index contributed by atoms with van der Waals surface area (Å²) in [6, 6.07) is 12.9. The van der Waals surface area contributed by atoms with Crippen LogP contribution in [0.4, 0.5) is 5.69 Å². The summed E-state index contributed by atoms with van der Waals surface area (Å²) in [4.78, 5) is 16.5. The Kier molecular flexibility index (Phi) is 5.61. The van der Waals surface area contributed by atoms with Gasteiger partial charge in [0.15, 0.2) is 0 Å². The maximum Gasteiger partial charge on any atom is 0.246 e. The maximum absolute atomic E-state index is 12.3. The molecule has 5 rings (SSSR count). The van der Waals surface area contributed by atoms with Gasteiger partial charge in [0.2, 0.25) is 5.91 Å². The van der Waals surface area contributed by atoms with Crippen molar-refractivity contribution < 1.29 is 4.79 Å². The Labute approximate surface area is 204 Å². The van der Waals surface area contributed by atoms with Crippen LogP contribution in [0.3, 0.4) is 0 Å². The average molecular weight is 466 g/mol. The van der Waals surface area contributed by atoms with E-state index < -0.39 is 0 Å². The Morgan fingerprint density at radius 3 is 2.37 bits per heavy atom. The lowest BCUT2D eigenvalue weighted by Gasteiger charge is -2.45. The van der Waals surface area contributed by atoms with Crippen LogP contribution in [0.25, 0.3) is 27.8 Å². The molecule has 8 heteroatoms. The Morgan fingerprint density at radius 2 is 1.77 bits per heavy atom. The molecule has 1 aliphatic rings. The van der Waals surface area contributed by atoms with Gasteiger partial charge in [-0.15, -0.1) is 0 Å². The van der Waals surface area contributed by atoms with Crippen molar-refractivity contribution in [2.24, 2.45) is 7.05 Å². The van der Waals surface area contributed by atoms with Gasteiger partial charge in [-0.3, -0.25) is 9.48 Å². The molecule has 0 radical (unpaired) electrons. The third-order valence-electron chi connectivity index (χ3n) is 6.66. The van der Waals surface area contributed by atoms with E-state index in [1.807, 2.05) is 30.5 Å². The van der Waals surface area contributed by atoms with Gasteiger partial charge >= 0.3 is 0 Å². The number of fused-ring (bicyclic) bond motifs is 1. The van der Waals surface area contributed by atoms with E-state index in [4.69, 9.17) is 0 Å². The normalized spacial score (nSPS) is 18.0. The molecule has 4 aromatic rings. The molecular formula is C27H27N7O. The molecule has 1 saturated heterocycles. The fourth-order valence-corrected chi connectivity index (χ4v) is 5.08. The summed E-state index contributed by atoms with van der Waals surface area (Å²) < 4.78 is 3.53. The number of hydrogen-bond acceptors (Lipinski definition) is 5. The fourth-order valence-electron chi connectivity index (χ4n) is 5.08. The standard InChI is InChI=1S/C27H27N7O/c1-5-26(35)34-18(2)14-32(15-19(34)3)24-8-6-20(7-9-24)25-10-21(23-13-29-31(4)16-23)17-33-27(25)22(11-28)12-30-33/h5-10,12-13,16-19H,1,14-15H2,2-4H3/t18-,19-/m0/s1. The number of aromatic nitrogens is 4. The SMILES string of the molecule is C=CC(=O)N1[C@@H](C)CN(c2ccc(-c3cc(-c4cnn(C)c4)cn4ncc(C#N)c34)cc2)C[C@@H]1C. The fraction of sp³-hybridized carbons (Fsp3) is 0.259. The van der Waals surface area contributed by atoms with E-state index >= 15 is 0 Å². The molecule has 1 aliphatic heterocycles. The number of nitriles is 1. The molecule has 1 fully saturated rings. The second-order valence-electron chi connectivity index (χ2n) is 9.11. The number of anilines is 1. The summed E-state index contributed by atoms with van der Waals surface area (Å²) in [6.45, 7) is 9.29. The summed E-state index contributed by atoms with van der Waals surface area (Å²) >= 11 is 0. The van der Waals surface area contributed by atoms with Crippen LogP contribution in [0, 0.1) is 11.3 Å². The van der Waals surface area contributed by atoms with Crippen molar-refractivity contribution in [3.05, 3.63) is 73.3 Å². The predicted octanol–water partition coefficient (Wildman–Crippen LogP) is 3.89. The van der Waals surface area contributed by atoms with Crippen LogP contribution in [0.15, 0.2) is 67.8 Å². The van der Waals surface area contributed by atoms with Crippen LogP contribution < -0.4 is 4.90 Å². The zero-order valence-corrected chi connectivity index (χ0v) is 20.1. The first-order valence-electron chi connectivity index (χ1n) is 11.6. The van der Waals surface area contributed by atoms with E-state index in [9.17, 15) is 10.1 Å². The van der Waals surface area contributed by atoms with Gasteiger partial charge < -0.3 is 9.80 Å². The minimum Gasteiger partial charge on any atom is -0.367 e. The van der Waals surface area contributed by atoms with Crippen LogP contribution in [-0.2, 0) is 11.8 Å².